The highest BCUT2D eigenvalue weighted by atomic mass is 35.5. The van der Waals surface area contributed by atoms with Crippen molar-refractivity contribution in [2.45, 2.75) is 6.10 Å². The Balaban J connectivity index is 1.50. The molecule has 3 aromatic carbocycles. The number of benzene rings is 3. The number of rotatable bonds is 6. The second kappa shape index (κ2) is 9.25. The van der Waals surface area contributed by atoms with Crippen molar-refractivity contribution in [3.05, 3.63) is 125 Å². The zero-order valence-corrected chi connectivity index (χ0v) is 16.8. The van der Waals surface area contributed by atoms with Gasteiger partial charge in [0.15, 0.2) is 6.10 Å². The van der Waals surface area contributed by atoms with Gasteiger partial charge in [0, 0.05) is 16.7 Å². The molecule has 0 aliphatic rings. The molecule has 0 saturated carbocycles. The van der Waals surface area contributed by atoms with Crippen LogP contribution in [0.5, 0.6) is 5.88 Å². The van der Waals surface area contributed by atoms with E-state index in [9.17, 15) is 4.79 Å². The standard InChI is InChI=1S/C25H19ClN2O2/c26-21-13-7-12-20(16-21)25(29)28-22-14-15-23(27-17-22)30-24(18-8-3-1-4-9-18)19-10-5-2-6-11-19/h1-17,24H,(H,28,29). The van der Waals surface area contributed by atoms with Crippen LogP contribution in [-0.4, -0.2) is 10.9 Å². The van der Waals surface area contributed by atoms with Crippen LogP contribution in [0, 0.1) is 0 Å². The van der Waals surface area contributed by atoms with Crippen molar-refractivity contribution < 1.29 is 9.53 Å². The summed E-state index contributed by atoms with van der Waals surface area (Å²) in [5, 5.41) is 3.33. The highest BCUT2D eigenvalue weighted by Gasteiger charge is 2.16. The lowest BCUT2D eigenvalue weighted by Gasteiger charge is -2.19. The monoisotopic (exact) mass is 414 g/mol. The van der Waals surface area contributed by atoms with Crippen LogP contribution < -0.4 is 10.1 Å². The van der Waals surface area contributed by atoms with E-state index in [4.69, 9.17) is 16.3 Å². The summed E-state index contributed by atoms with van der Waals surface area (Å²) in [6.45, 7) is 0. The summed E-state index contributed by atoms with van der Waals surface area (Å²) in [6.07, 6.45) is 1.29. The first-order chi connectivity index (χ1) is 14.7. The van der Waals surface area contributed by atoms with E-state index < -0.39 is 0 Å². The van der Waals surface area contributed by atoms with Gasteiger partial charge in [-0.1, -0.05) is 78.3 Å². The van der Waals surface area contributed by atoms with Gasteiger partial charge in [0.1, 0.15) is 0 Å². The largest absolute Gasteiger partial charge is 0.465 e. The molecule has 30 heavy (non-hydrogen) atoms. The molecule has 0 aliphatic carbocycles. The molecule has 1 aromatic heterocycles. The van der Waals surface area contributed by atoms with Gasteiger partial charge in [0.05, 0.1) is 11.9 Å². The minimum absolute atomic E-state index is 0.251. The Morgan fingerprint density at radius 2 is 1.50 bits per heavy atom. The molecule has 0 saturated heterocycles. The van der Waals surface area contributed by atoms with Crippen molar-refractivity contribution in [3.8, 4) is 5.88 Å². The summed E-state index contributed by atoms with van der Waals surface area (Å²) in [7, 11) is 0. The number of halogens is 1. The number of anilines is 1. The fourth-order valence-corrected chi connectivity index (χ4v) is 3.25. The topological polar surface area (TPSA) is 51.2 Å². The van der Waals surface area contributed by atoms with Crippen LogP contribution in [0.4, 0.5) is 5.69 Å². The van der Waals surface area contributed by atoms with E-state index in [-0.39, 0.29) is 12.0 Å². The number of pyridine rings is 1. The Morgan fingerprint density at radius 3 is 2.07 bits per heavy atom. The third-order valence-electron chi connectivity index (χ3n) is 4.52. The fraction of sp³-hybridized carbons (Fsp3) is 0.0400. The third kappa shape index (κ3) is 4.85. The van der Waals surface area contributed by atoms with Gasteiger partial charge in [0.25, 0.3) is 5.91 Å². The van der Waals surface area contributed by atoms with Crippen molar-refractivity contribution >= 4 is 23.2 Å². The van der Waals surface area contributed by atoms with Gasteiger partial charge in [-0.3, -0.25) is 4.79 Å². The number of aromatic nitrogens is 1. The van der Waals surface area contributed by atoms with Gasteiger partial charge in [-0.25, -0.2) is 4.98 Å². The maximum atomic E-state index is 12.4. The minimum atomic E-state index is -0.285. The summed E-state index contributed by atoms with van der Waals surface area (Å²) < 4.78 is 6.21. The van der Waals surface area contributed by atoms with Crippen LogP contribution in [0.2, 0.25) is 5.02 Å². The number of carbonyl (C=O) groups excluding carboxylic acids is 1. The van der Waals surface area contributed by atoms with Crippen molar-refractivity contribution in [2.24, 2.45) is 0 Å². The number of nitrogens with one attached hydrogen (secondary N) is 1. The second-order valence-corrected chi connectivity index (χ2v) is 7.11. The average Bonchev–Trinajstić information content (AvgIpc) is 2.80. The molecule has 1 N–H and O–H groups in total. The van der Waals surface area contributed by atoms with E-state index in [1.807, 2.05) is 60.7 Å². The summed E-state index contributed by atoms with van der Waals surface area (Å²) in [5.41, 5.74) is 3.12. The predicted octanol–water partition coefficient (Wildman–Crippen LogP) is 6.16. The van der Waals surface area contributed by atoms with Crippen molar-refractivity contribution in [1.82, 2.24) is 4.98 Å². The van der Waals surface area contributed by atoms with Gasteiger partial charge in [-0.2, -0.15) is 0 Å². The molecular weight excluding hydrogens is 396 g/mol. The van der Waals surface area contributed by atoms with Gasteiger partial charge >= 0.3 is 0 Å². The molecule has 1 heterocycles. The average molecular weight is 415 g/mol. The molecule has 0 spiro atoms. The SMILES string of the molecule is O=C(Nc1ccc(OC(c2ccccc2)c2ccccc2)nc1)c1cccc(Cl)c1. The van der Waals surface area contributed by atoms with Crippen molar-refractivity contribution in [2.75, 3.05) is 5.32 Å². The molecule has 0 aliphatic heterocycles. The van der Waals surface area contributed by atoms with Gasteiger partial charge < -0.3 is 10.1 Å². The Morgan fingerprint density at radius 1 is 0.833 bits per heavy atom. The lowest BCUT2D eigenvalue weighted by molar-refractivity contribution is 0.102. The van der Waals surface area contributed by atoms with Crippen LogP contribution in [0.3, 0.4) is 0 Å². The molecule has 0 atom stereocenters. The molecule has 4 aromatic rings. The summed E-state index contributed by atoms with van der Waals surface area (Å²) in [5.74, 6) is 0.216. The highest BCUT2D eigenvalue weighted by Crippen LogP contribution is 2.27. The van der Waals surface area contributed by atoms with Crippen molar-refractivity contribution in [3.63, 3.8) is 0 Å². The fourth-order valence-electron chi connectivity index (χ4n) is 3.06. The van der Waals surface area contributed by atoms with Gasteiger partial charge in [-0.15, -0.1) is 0 Å². The number of ether oxygens (including phenoxy) is 1. The summed E-state index contributed by atoms with van der Waals surface area (Å²) >= 11 is 5.95. The molecule has 0 fully saturated rings. The van der Waals surface area contributed by atoms with E-state index in [0.717, 1.165) is 11.1 Å². The normalized spacial score (nSPS) is 10.6. The van der Waals surface area contributed by atoms with Crippen LogP contribution in [0.1, 0.15) is 27.6 Å². The smallest absolute Gasteiger partial charge is 0.255 e. The number of carbonyl (C=O) groups is 1. The Hall–Kier alpha value is -3.63. The molecule has 5 heteroatoms. The molecule has 4 rings (SSSR count). The molecule has 148 valence electrons. The molecule has 0 bridgehead atoms. The number of hydrogen-bond acceptors (Lipinski definition) is 3. The first-order valence-electron chi connectivity index (χ1n) is 9.48. The summed E-state index contributed by atoms with van der Waals surface area (Å²) in [4.78, 5) is 16.7. The van der Waals surface area contributed by atoms with E-state index in [0.29, 0.717) is 22.2 Å². The van der Waals surface area contributed by atoms with Crippen LogP contribution in [0.15, 0.2) is 103 Å². The number of hydrogen-bond donors (Lipinski definition) is 1. The van der Waals surface area contributed by atoms with E-state index in [1.54, 1.807) is 42.6 Å². The second-order valence-electron chi connectivity index (χ2n) is 6.67. The van der Waals surface area contributed by atoms with Gasteiger partial charge in [0.2, 0.25) is 5.88 Å². The van der Waals surface area contributed by atoms with E-state index >= 15 is 0 Å². The maximum Gasteiger partial charge on any atom is 0.255 e. The number of nitrogens with zero attached hydrogens (tertiary/aromatic N) is 1. The lowest BCUT2D eigenvalue weighted by Crippen LogP contribution is -2.13. The Labute approximate surface area is 180 Å². The maximum absolute atomic E-state index is 12.4. The van der Waals surface area contributed by atoms with E-state index in [2.05, 4.69) is 10.3 Å². The molecular formula is C25H19ClN2O2. The zero-order chi connectivity index (χ0) is 20.8. The molecule has 0 radical (unpaired) electrons. The zero-order valence-electron chi connectivity index (χ0n) is 16.0. The first kappa shape index (κ1) is 19.7. The van der Waals surface area contributed by atoms with Crippen LogP contribution >= 0.6 is 11.6 Å². The Kier molecular flexibility index (Phi) is 6.06. The van der Waals surface area contributed by atoms with Gasteiger partial charge in [-0.05, 0) is 35.4 Å². The molecule has 1 amide bonds. The predicted molar refractivity (Wildman–Crippen MR) is 119 cm³/mol. The lowest BCUT2D eigenvalue weighted by atomic mass is 10.0. The molecule has 0 unspecified atom stereocenters. The van der Waals surface area contributed by atoms with Crippen molar-refractivity contribution in [1.29, 1.82) is 0 Å². The Bertz CT molecular complexity index is 1080. The first-order valence-corrected chi connectivity index (χ1v) is 9.86. The van der Waals surface area contributed by atoms with E-state index in [1.165, 1.54) is 0 Å². The van der Waals surface area contributed by atoms with Crippen LogP contribution in [0.25, 0.3) is 0 Å². The highest BCUT2D eigenvalue weighted by molar-refractivity contribution is 6.31. The molecule has 4 nitrogen and oxygen atoms in total. The minimum Gasteiger partial charge on any atom is -0.465 e. The number of amides is 1. The summed E-state index contributed by atoms with van der Waals surface area (Å²) in [6, 6.07) is 30.3. The quantitative estimate of drug-likeness (QED) is 0.411. The third-order valence-corrected chi connectivity index (χ3v) is 4.76. The van der Waals surface area contributed by atoms with Crippen LogP contribution in [-0.2, 0) is 0 Å².